The largest absolute Gasteiger partial charge is 0.383 e. The van der Waals surface area contributed by atoms with Gasteiger partial charge in [-0.3, -0.25) is 0 Å². The second-order valence-corrected chi connectivity index (χ2v) is 4.92. The Labute approximate surface area is 84.8 Å². The first-order chi connectivity index (χ1) is 6.42. The van der Waals surface area contributed by atoms with Crippen LogP contribution in [0.2, 0.25) is 0 Å². The highest BCUT2D eigenvalue weighted by atomic mass is 15.0. The molecule has 1 atom stereocenters. The van der Waals surface area contributed by atoms with E-state index in [2.05, 4.69) is 23.8 Å². The summed E-state index contributed by atoms with van der Waals surface area (Å²) in [7, 11) is 0. The van der Waals surface area contributed by atoms with Crippen LogP contribution in [0.4, 0.5) is 5.82 Å². The summed E-state index contributed by atoms with van der Waals surface area (Å²) >= 11 is 0. The Morgan fingerprint density at radius 3 is 2.29 bits per heavy atom. The van der Waals surface area contributed by atoms with Crippen LogP contribution in [0, 0.1) is 19.3 Å². The molecule has 1 saturated carbocycles. The summed E-state index contributed by atoms with van der Waals surface area (Å²) in [5.74, 6) is 2.06. The molecule has 0 amide bonds. The smallest absolute Gasteiger partial charge is 0.134 e. The molecule has 3 heteroatoms. The van der Waals surface area contributed by atoms with Gasteiger partial charge < -0.3 is 5.73 Å². The van der Waals surface area contributed by atoms with Gasteiger partial charge in [-0.1, -0.05) is 13.8 Å². The van der Waals surface area contributed by atoms with E-state index in [4.69, 9.17) is 5.73 Å². The molecule has 0 spiro atoms. The molecule has 0 aromatic carbocycles. The normalized spacial score (nSPS) is 23.6. The average Bonchev–Trinajstić information content (AvgIpc) is 2.70. The van der Waals surface area contributed by atoms with Gasteiger partial charge in [-0.15, -0.1) is 0 Å². The molecule has 2 N–H and O–H groups in total. The van der Waals surface area contributed by atoms with Crippen molar-refractivity contribution in [1.82, 2.24) is 9.97 Å². The first-order valence-corrected chi connectivity index (χ1v) is 5.02. The van der Waals surface area contributed by atoms with Gasteiger partial charge in [0.15, 0.2) is 0 Å². The van der Waals surface area contributed by atoms with E-state index in [1.165, 1.54) is 6.42 Å². The number of hydrogen-bond acceptors (Lipinski definition) is 3. The van der Waals surface area contributed by atoms with Gasteiger partial charge in [0.2, 0.25) is 0 Å². The number of rotatable bonds is 1. The predicted molar refractivity (Wildman–Crippen MR) is 57.1 cm³/mol. The highest BCUT2D eigenvalue weighted by Gasteiger charge is 2.48. The van der Waals surface area contributed by atoms with Crippen LogP contribution in [-0.2, 0) is 0 Å². The second-order valence-electron chi connectivity index (χ2n) is 4.92. The third kappa shape index (κ3) is 1.37. The molecule has 1 unspecified atom stereocenters. The monoisotopic (exact) mass is 191 g/mol. The quantitative estimate of drug-likeness (QED) is 0.740. The Balaban J connectivity index is 2.38. The minimum Gasteiger partial charge on any atom is -0.383 e. The lowest BCUT2D eigenvalue weighted by molar-refractivity contribution is 0.607. The summed E-state index contributed by atoms with van der Waals surface area (Å²) in [4.78, 5) is 8.86. The van der Waals surface area contributed by atoms with Crippen molar-refractivity contribution in [2.45, 2.75) is 40.0 Å². The van der Waals surface area contributed by atoms with Gasteiger partial charge in [0, 0.05) is 17.2 Å². The highest BCUT2D eigenvalue weighted by Crippen LogP contribution is 2.57. The maximum atomic E-state index is 5.82. The van der Waals surface area contributed by atoms with E-state index in [0.717, 1.165) is 17.1 Å². The molecule has 2 rings (SSSR count). The van der Waals surface area contributed by atoms with Gasteiger partial charge in [-0.2, -0.15) is 0 Å². The fourth-order valence-electron chi connectivity index (χ4n) is 1.74. The zero-order valence-electron chi connectivity index (χ0n) is 9.26. The molecule has 0 radical (unpaired) electrons. The van der Waals surface area contributed by atoms with Gasteiger partial charge in [-0.05, 0) is 25.7 Å². The maximum Gasteiger partial charge on any atom is 0.134 e. The molecule has 1 aromatic heterocycles. The van der Waals surface area contributed by atoms with Gasteiger partial charge in [0.05, 0.1) is 0 Å². The molecule has 3 nitrogen and oxygen atoms in total. The first kappa shape index (κ1) is 9.44. The minimum absolute atomic E-state index is 0.369. The minimum atomic E-state index is 0.369. The number of aromatic nitrogens is 2. The lowest BCUT2D eigenvalue weighted by Crippen LogP contribution is -2.05. The van der Waals surface area contributed by atoms with Gasteiger partial charge in [0.1, 0.15) is 11.6 Å². The Hall–Kier alpha value is -1.12. The van der Waals surface area contributed by atoms with Crippen molar-refractivity contribution < 1.29 is 0 Å². The molecule has 0 bridgehead atoms. The third-order valence-corrected chi connectivity index (χ3v) is 3.27. The molecule has 0 aliphatic heterocycles. The van der Waals surface area contributed by atoms with Gasteiger partial charge in [0.25, 0.3) is 0 Å². The second kappa shape index (κ2) is 2.69. The lowest BCUT2D eigenvalue weighted by Gasteiger charge is -2.07. The number of nitrogens with two attached hydrogens (primary N) is 1. The van der Waals surface area contributed by atoms with Crippen LogP contribution in [0.15, 0.2) is 0 Å². The summed E-state index contributed by atoms with van der Waals surface area (Å²) in [6.07, 6.45) is 1.18. The van der Waals surface area contributed by atoms with Crippen molar-refractivity contribution in [3.63, 3.8) is 0 Å². The maximum absolute atomic E-state index is 5.82. The molecule has 1 aliphatic carbocycles. The summed E-state index contributed by atoms with van der Waals surface area (Å²) in [5.41, 5.74) is 8.21. The van der Waals surface area contributed by atoms with Crippen molar-refractivity contribution in [2.24, 2.45) is 5.41 Å². The van der Waals surface area contributed by atoms with Crippen LogP contribution in [0.3, 0.4) is 0 Å². The summed E-state index contributed by atoms with van der Waals surface area (Å²) in [6.45, 7) is 8.44. The Morgan fingerprint density at radius 1 is 1.29 bits per heavy atom. The van der Waals surface area contributed by atoms with Crippen molar-refractivity contribution in [2.75, 3.05) is 5.73 Å². The zero-order valence-corrected chi connectivity index (χ0v) is 9.26. The van der Waals surface area contributed by atoms with Crippen molar-refractivity contribution in [3.05, 3.63) is 17.1 Å². The van der Waals surface area contributed by atoms with Gasteiger partial charge >= 0.3 is 0 Å². The van der Waals surface area contributed by atoms with Crippen molar-refractivity contribution in [1.29, 1.82) is 0 Å². The molecule has 0 saturated heterocycles. The molecule has 76 valence electrons. The van der Waals surface area contributed by atoms with E-state index in [-0.39, 0.29) is 0 Å². The Kier molecular flexibility index (Phi) is 1.81. The fourth-order valence-corrected chi connectivity index (χ4v) is 1.74. The van der Waals surface area contributed by atoms with Crippen LogP contribution in [-0.4, -0.2) is 9.97 Å². The SMILES string of the molecule is Cc1nc(C2CC2(C)C)nc(N)c1C. The summed E-state index contributed by atoms with van der Waals surface area (Å²) in [6, 6.07) is 0. The van der Waals surface area contributed by atoms with Crippen LogP contribution in [0.5, 0.6) is 0 Å². The molecule has 1 aliphatic rings. The van der Waals surface area contributed by atoms with Crippen LogP contribution in [0.1, 0.15) is 43.3 Å². The number of nitrogen functional groups attached to an aromatic ring is 1. The molecule has 1 aromatic rings. The van der Waals surface area contributed by atoms with Crippen LogP contribution in [0.25, 0.3) is 0 Å². The molecular formula is C11H17N3. The standard InChI is InChI=1S/C11H17N3/c1-6-7(2)13-10(14-9(6)12)8-5-11(8,3)4/h8H,5H2,1-4H3,(H2,12,13,14). The average molecular weight is 191 g/mol. The summed E-state index contributed by atoms with van der Waals surface area (Å²) in [5, 5.41) is 0. The summed E-state index contributed by atoms with van der Waals surface area (Å²) < 4.78 is 0. The van der Waals surface area contributed by atoms with Crippen LogP contribution < -0.4 is 5.73 Å². The molecule has 1 fully saturated rings. The lowest BCUT2D eigenvalue weighted by atomic mass is 10.1. The Bertz CT molecular complexity index is 359. The first-order valence-electron chi connectivity index (χ1n) is 5.02. The van der Waals surface area contributed by atoms with E-state index < -0.39 is 0 Å². The van der Waals surface area contributed by atoms with E-state index in [1.807, 2.05) is 13.8 Å². The fraction of sp³-hybridized carbons (Fsp3) is 0.636. The van der Waals surface area contributed by atoms with E-state index in [9.17, 15) is 0 Å². The molecule has 1 heterocycles. The number of anilines is 1. The topological polar surface area (TPSA) is 51.8 Å². The molecule has 14 heavy (non-hydrogen) atoms. The highest BCUT2D eigenvalue weighted by molar-refractivity contribution is 5.41. The van der Waals surface area contributed by atoms with Crippen molar-refractivity contribution >= 4 is 5.82 Å². The van der Waals surface area contributed by atoms with Crippen LogP contribution >= 0.6 is 0 Å². The zero-order chi connectivity index (χ0) is 10.5. The Morgan fingerprint density at radius 2 is 1.86 bits per heavy atom. The van der Waals surface area contributed by atoms with Gasteiger partial charge in [-0.25, -0.2) is 9.97 Å². The number of hydrogen-bond donors (Lipinski definition) is 1. The van der Waals surface area contributed by atoms with Crippen molar-refractivity contribution in [3.8, 4) is 0 Å². The van der Waals surface area contributed by atoms with E-state index in [1.54, 1.807) is 0 Å². The number of nitrogens with zero attached hydrogens (tertiary/aromatic N) is 2. The predicted octanol–water partition coefficient (Wildman–Crippen LogP) is 2.19. The van der Waals surface area contributed by atoms with E-state index >= 15 is 0 Å². The molecular weight excluding hydrogens is 174 g/mol. The number of aryl methyl sites for hydroxylation is 1. The third-order valence-electron chi connectivity index (χ3n) is 3.27. The van der Waals surface area contributed by atoms with E-state index in [0.29, 0.717) is 17.2 Å².